The topological polar surface area (TPSA) is 57.2 Å². The second kappa shape index (κ2) is 16.1. The van der Waals surface area contributed by atoms with Crippen LogP contribution in [0.4, 0.5) is 0 Å². The summed E-state index contributed by atoms with van der Waals surface area (Å²) in [5.41, 5.74) is 0.928. The van der Waals surface area contributed by atoms with Gasteiger partial charge in [0.25, 0.3) is 0 Å². The van der Waals surface area contributed by atoms with Crippen molar-refractivity contribution >= 4 is 21.7 Å². The van der Waals surface area contributed by atoms with Crippen LogP contribution in [0.2, 0.25) is 0 Å². The lowest BCUT2D eigenvalue weighted by Gasteiger charge is -2.35. The van der Waals surface area contributed by atoms with Crippen molar-refractivity contribution in [3.8, 4) is 0 Å². The van der Waals surface area contributed by atoms with Gasteiger partial charge in [0.1, 0.15) is 10.1 Å². The second-order valence-electron chi connectivity index (χ2n) is 8.22. The van der Waals surface area contributed by atoms with Crippen LogP contribution in [0.15, 0.2) is 29.2 Å². The normalized spacial score (nSPS) is 11.8. The van der Waals surface area contributed by atoms with Gasteiger partial charge in [0, 0.05) is 12.3 Å². The van der Waals surface area contributed by atoms with E-state index in [0.717, 1.165) is 11.4 Å². The Kier molecular flexibility index (Phi) is 15.8. The lowest BCUT2D eigenvalue weighted by molar-refractivity contribution is -0.910. The maximum Gasteiger partial charge on any atom is 0.124 e. The monoisotopic (exact) mass is 447 g/mol. The van der Waals surface area contributed by atoms with Crippen molar-refractivity contribution in [3.63, 3.8) is 0 Å². The van der Waals surface area contributed by atoms with Crippen molar-refractivity contribution < 1.29 is 17.5 Å². The molecule has 4 nitrogen and oxygen atoms in total. The Labute approximate surface area is 185 Å². The van der Waals surface area contributed by atoms with Gasteiger partial charge >= 0.3 is 0 Å². The number of nitrogens with zero attached hydrogens (tertiary/aromatic N) is 1. The van der Waals surface area contributed by atoms with Crippen LogP contribution in [0.3, 0.4) is 0 Å². The molecule has 6 heteroatoms. The Bertz CT molecular complexity index is 606. The summed E-state index contributed by atoms with van der Waals surface area (Å²) >= 11 is 5.87. The Morgan fingerprint density at radius 1 is 0.828 bits per heavy atom. The molecule has 0 aromatic heterocycles. The third-order valence-corrected chi connectivity index (χ3v) is 6.36. The molecule has 0 spiro atoms. The molecule has 0 aliphatic rings. The smallest absolute Gasteiger partial charge is 0.124 e. The standard InChI is InChI=1S/C16H35ClN.C7H8O3S/c1-4-6-8-10-14-18(3,16-12-13-17)15-11-9-7-5-2;1-6-2-4-7(5-3-6)11(8,9)10/h4-16H2,1-3H3;2-5H,1H3,(H,8,9,10)/q+1;/p-1. The molecule has 170 valence electrons. The van der Waals surface area contributed by atoms with Crippen molar-refractivity contribution in [2.75, 3.05) is 32.6 Å². The number of hydrogen-bond donors (Lipinski definition) is 0. The first-order valence-corrected chi connectivity index (χ1v) is 13.0. The summed E-state index contributed by atoms with van der Waals surface area (Å²) in [5, 5.41) is 0. The second-order valence-corrected chi connectivity index (χ2v) is 9.98. The fourth-order valence-corrected chi connectivity index (χ4v) is 3.91. The Morgan fingerprint density at radius 2 is 1.28 bits per heavy atom. The summed E-state index contributed by atoms with van der Waals surface area (Å²) < 4.78 is 32.4. The van der Waals surface area contributed by atoms with Crippen LogP contribution in [0.5, 0.6) is 0 Å². The highest BCUT2D eigenvalue weighted by Crippen LogP contribution is 2.13. The van der Waals surface area contributed by atoms with E-state index in [2.05, 4.69) is 20.9 Å². The van der Waals surface area contributed by atoms with E-state index >= 15 is 0 Å². The third kappa shape index (κ3) is 14.9. The average Bonchev–Trinajstić information content (AvgIpc) is 2.67. The zero-order chi connectivity index (χ0) is 22.2. The molecular weight excluding hydrogens is 406 g/mol. The summed E-state index contributed by atoms with van der Waals surface area (Å²) in [6.45, 7) is 10.4. The van der Waals surface area contributed by atoms with Gasteiger partial charge in [-0.15, -0.1) is 11.6 Å². The molecule has 0 amide bonds. The molecule has 0 aliphatic carbocycles. The Morgan fingerprint density at radius 3 is 1.66 bits per heavy atom. The van der Waals surface area contributed by atoms with E-state index in [9.17, 15) is 13.0 Å². The third-order valence-electron chi connectivity index (χ3n) is 5.24. The largest absolute Gasteiger partial charge is 0.744 e. The molecule has 0 aliphatic heterocycles. The molecule has 0 N–H and O–H groups in total. The van der Waals surface area contributed by atoms with Crippen molar-refractivity contribution in [2.45, 2.75) is 83.5 Å². The van der Waals surface area contributed by atoms with Gasteiger partial charge in [-0.2, -0.15) is 0 Å². The van der Waals surface area contributed by atoms with Crippen LogP contribution in [-0.2, 0) is 10.1 Å². The fraction of sp³-hybridized carbons (Fsp3) is 0.739. The first-order valence-electron chi connectivity index (χ1n) is 11.1. The first kappa shape index (κ1) is 28.4. The highest BCUT2D eigenvalue weighted by molar-refractivity contribution is 7.85. The Hall–Kier alpha value is -0.620. The molecule has 0 saturated carbocycles. The minimum atomic E-state index is -4.27. The highest BCUT2D eigenvalue weighted by atomic mass is 35.5. The summed E-state index contributed by atoms with van der Waals surface area (Å²) in [7, 11) is -1.83. The van der Waals surface area contributed by atoms with Crippen LogP contribution < -0.4 is 0 Å². The molecule has 0 unspecified atom stereocenters. The van der Waals surface area contributed by atoms with Crippen molar-refractivity contribution in [1.82, 2.24) is 0 Å². The summed E-state index contributed by atoms with van der Waals surface area (Å²) in [4.78, 5) is -0.178. The lowest BCUT2D eigenvalue weighted by Crippen LogP contribution is -2.46. The number of alkyl halides is 1. The zero-order valence-corrected chi connectivity index (χ0v) is 20.5. The van der Waals surface area contributed by atoms with E-state index in [0.29, 0.717) is 0 Å². The van der Waals surface area contributed by atoms with Gasteiger partial charge in [-0.05, 0) is 44.7 Å². The molecule has 0 heterocycles. The fourth-order valence-electron chi connectivity index (χ4n) is 3.32. The first-order chi connectivity index (χ1) is 13.7. The van der Waals surface area contributed by atoms with Gasteiger partial charge in [-0.25, -0.2) is 8.42 Å². The van der Waals surface area contributed by atoms with Crippen molar-refractivity contribution in [2.24, 2.45) is 0 Å². The number of rotatable bonds is 14. The van der Waals surface area contributed by atoms with Crippen LogP contribution >= 0.6 is 11.6 Å². The number of quaternary nitrogens is 1. The number of aryl methyl sites for hydroxylation is 1. The summed E-state index contributed by atoms with van der Waals surface area (Å²) in [6.07, 6.45) is 12.2. The van der Waals surface area contributed by atoms with Gasteiger partial charge in [-0.1, -0.05) is 57.2 Å². The number of unbranched alkanes of at least 4 members (excludes halogenated alkanes) is 6. The summed E-state index contributed by atoms with van der Waals surface area (Å²) in [5.74, 6) is 0.817. The predicted molar refractivity (Wildman–Crippen MR) is 124 cm³/mol. The maximum absolute atomic E-state index is 10.4. The molecule has 0 bridgehead atoms. The van der Waals surface area contributed by atoms with E-state index < -0.39 is 10.1 Å². The van der Waals surface area contributed by atoms with E-state index in [-0.39, 0.29) is 4.90 Å². The summed E-state index contributed by atoms with van der Waals surface area (Å²) in [6, 6.07) is 5.78. The molecule has 0 fully saturated rings. The molecular formula is C23H42ClNO3S. The minimum absolute atomic E-state index is 0.178. The molecule has 0 atom stereocenters. The van der Waals surface area contributed by atoms with Gasteiger partial charge in [0.15, 0.2) is 0 Å². The Balaban J connectivity index is 0.000000604. The number of hydrogen-bond acceptors (Lipinski definition) is 3. The van der Waals surface area contributed by atoms with Crippen molar-refractivity contribution in [3.05, 3.63) is 29.8 Å². The highest BCUT2D eigenvalue weighted by Gasteiger charge is 2.19. The van der Waals surface area contributed by atoms with E-state index in [1.165, 1.54) is 94.0 Å². The van der Waals surface area contributed by atoms with E-state index in [4.69, 9.17) is 11.6 Å². The molecule has 29 heavy (non-hydrogen) atoms. The molecule has 1 aromatic rings. The number of halogens is 1. The molecule has 0 radical (unpaired) electrons. The van der Waals surface area contributed by atoms with Crippen LogP contribution in [0.1, 0.15) is 77.2 Å². The van der Waals surface area contributed by atoms with Gasteiger partial charge in [-0.3, -0.25) is 0 Å². The molecule has 0 saturated heterocycles. The minimum Gasteiger partial charge on any atom is -0.744 e. The van der Waals surface area contributed by atoms with E-state index in [1.807, 2.05) is 6.92 Å². The van der Waals surface area contributed by atoms with Gasteiger partial charge in [0.05, 0.1) is 31.6 Å². The van der Waals surface area contributed by atoms with E-state index in [1.54, 1.807) is 12.1 Å². The quantitative estimate of drug-likeness (QED) is 0.149. The number of benzene rings is 1. The average molecular weight is 448 g/mol. The maximum atomic E-state index is 10.4. The van der Waals surface area contributed by atoms with Gasteiger partial charge in [0.2, 0.25) is 0 Å². The molecule has 1 aromatic carbocycles. The van der Waals surface area contributed by atoms with Crippen LogP contribution in [-0.4, -0.2) is 50.0 Å². The predicted octanol–water partition coefficient (Wildman–Crippen LogP) is 6.12. The van der Waals surface area contributed by atoms with Crippen LogP contribution in [0, 0.1) is 6.92 Å². The lowest BCUT2D eigenvalue weighted by atomic mass is 10.1. The van der Waals surface area contributed by atoms with Gasteiger partial charge < -0.3 is 9.04 Å². The van der Waals surface area contributed by atoms with Crippen molar-refractivity contribution in [1.29, 1.82) is 0 Å². The SMILES string of the molecule is CCCCCC[N+](C)(CCCCl)CCCCCC.Cc1ccc(S(=O)(=O)[O-])cc1. The van der Waals surface area contributed by atoms with Crippen LogP contribution in [0.25, 0.3) is 0 Å². The zero-order valence-electron chi connectivity index (χ0n) is 19.0. The molecule has 1 rings (SSSR count).